The number of halogens is 1. The fourth-order valence-electron chi connectivity index (χ4n) is 2.91. The summed E-state index contributed by atoms with van der Waals surface area (Å²) >= 11 is 3.46. The van der Waals surface area contributed by atoms with Crippen LogP contribution in [0.2, 0.25) is 18.1 Å². The molecular formula is C25H35BrO3Si. The lowest BCUT2D eigenvalue weighted by molar-refractivity contribution is 0.258. The zero-order chi connectivity index (χ0) is 22.5. The van der Waals surface area contributed by atoms with Crippen LogP contribution in [0.3, 0.4) is 0 Å². The number of furan rings is 1. The number of rotatable bonds is 7. The third-order valence-electron chi connectivity index (χ3n) is 5.82. The van der Waals surface area contributed by atoms with Gasteiger partial charge in [0.05, 0.1) is 25.4 Å². The molecule has 0 saturated carbocycles. The van der Waals surface area contributed by atoms with Crippen LogP contribution in [-0.4, -0.2) is 13.4 Å². The SMILES string of the molecule is CC(C)C[C@H](C#Cc1ccc(Br)cc1)c1occ(CO[Si](C)(C)C(C)(C)C)c1CO. The van der Waals surface area contributed by atoms with Gasteiger partial charge in [-0.1, -0.05) is 62.4 Å². The van der Waals surface area contributed by atoms with Crippen LogP contribution in [-0.2, 0) is 17.6 Å². The monoisotopic (exact) mass is 490 g/mol. The number of hydrogen-bond donors (Lipinski definition) is 1. The minimum atomic E-state index is -1.89. The van der Waals surface area contributed by atoms with Crippen molar-refractivity contribution in [3.63, 3.8) is 0 Å². The van der Waals surface area contributed by atoms with Crippen LogP contribution in [0.4, 0.5) is 0 Å². The van der Waals surface area contributed by atoms with E-state index in [2.05, 4.69) is 75.5 Å². The average Bonchev–Trinajstić information content (AvgIpc) is 3.06. The predicted molar refractivity (Wildman–Crippen MR) is 130 cm³/mol. The van der Waals surface area contributed by atoms with Crippen LogP contribution in [0.25, 0.3) is 0 Å². The summed E-state index contributed by atoms with van der Waals surface area (Å²) in [6.07, 6.45) is 2.61. The van der Waals surface area contributed by atoms with Crippen molar-refractivity contribution in [3.05, 3.63) is 57.5 Å². The molecule has 30 heavy (non-hydrogen) atoms. The summed E-state index contributed by atoms with van der Waals surface area (Å²) in [5, 5.41) is 10.3. The summed E-state index contributed by atoms with van der Waals surface area (Å²) in [7, 11) is -1.89. The third-order valence-corrected chi connectivity index (χ3v) is 10.8. The molecule has 0 unspecified atom stereocenters. The third kappa shape index (κ3) is 6.59. The van der Waals surface area contributed by atoms with Gasteiger partial charge in [0.1, 0.15) is 5.76 Å². The van der Waals surface area contributed by atoms with E-state index in [-0.39, 0.29) is 17.6 Å². The highest BCUT2D eigenvalue weighted by Crippen LogP contribution is 2.38. The molecule has 0 saturated heterocycles. The molecule has 0 radical (unpaired) electrons. The van der Waals surface area contributed by atoms with Crippen molar-refractivity contribution >= 4 is 24.2 Å². The van der Waals surface area contributed by atoms with E-state index in [0.29, 0.717) is 12.5 Å². The Morgan fingerprint density at radius 2 is 1.80 bits per heavy atom. The van der Waals surface area contributed by atoms with Crippen LogP contribution in [0.5, 0.6) is 0 Å². The molecule has 0 bridgehead atoms. The Bertz CT molecular complexity index is 880. The average molecular weight is 492 g/mol. The van der Waals surface area contributed by atoms with Gasteiger partial charge in [-0.05, 0) is 54.7 Å². The van der Waals surface area contributed by atoms with Gasteiger partial charge in [0.25, 0.3) is 0 Å². The highest BCUT2D eigenvalue weighted by atomic mass is 79.9. The minimum absolute atomic E-state index is 0.0718. The van der Waals surface area contributed by atoms with Crippen molar-refractivity contribution in [2.75, 3.05) is 0 Å². The lowest BCUT2D eigenvalue weighted by Crippen LogP contribution is -2.40. The van der Waals surface area contributed by atoms with E-state index in [1.807, 2.05) is 24.3 Å². The van der Waals surface area contributed by atoms with Gasteiger partial charge in [0.2, 0.25) is 0 Å². The highest BCUT2D eigenvalue weighted by Gasteiger charge is 2.37. The van der Waals surface area contributed by atoms with Crippen molar-refractivity contribution in [1.29, 1.82) is 0 Å². The molecule has 0 aliphatic heterocycles. The molecule has 1 aromatic heterocycles. The maximum absolute atomic E-state index is 10.1. The standard InChI is InChI=1S/C25H35BrO3Si/c1-18(2)14-20(11-8-19-9-12-22(26)13-10-19)24-23(15-27)21(16-28-24)17-29-30(6,7)25(3,4)5/h9-10,12-13,16,18,20,27H,14-15,17H2,1-7H3/t20-/m0/s1. The van der Waals surface area contributed by atoms with Crippen molar-refractivity contribution in [3.8, 4) is 11.8 Å². The van der Waals surface area contributed by atoms with E-state index in [4.69, 9.17) is 8.84 Å². The quantitative estimate of drug-likeness (QED) is 0.328. The van der Waals surface area contributed by atoms with E-state index < -0.39 is 8.32 Å². The smallest absolute Gasteiger partial charge is 0.192 e. The van der Waals surface area contributed by atoms with E-state index in [1.54, 1.807) is 6.26 Å². The van der Waals surface area contributed by atoms with Crippen LogP contribution in [0, 0.1) is 17.8 Å². The molecular weight excluding hydrogens is 456 g/mol. The number of benzene rings is 1. The first-order valence-corrected chi connectivity index (χ1v) is 14.3. The van der Waals surface area contributed by atoms with Gasteiger partial charge in [-0.15, -0.1) is 0 Å². The predicted octanol–water partition coefficient (Wildman–Crippen LogP) is 7.24. The number of aliphatic hydroxyl groups excluding tert-OH is 1. The summed E-state index contributed by atoms with van der Waals surface area (Å²) in [6.45, 7) is 15.9. The van der Waals surface area contributed by atoms with Gasteiger partial charge in [-0.25, -0.2) is 0 Å². The molecule has 3 nitrogen and oxygen atoms in total. The van der Waals surface area contributed by atoms with Gasteiger partial charge in [-0.3, -0.25) is 0 Å². The van der Waals surface area contributed by atoms with E-state index in [1.165, 1.54) is 0 Å². The minimum Gasteiger partial charge on any atom is -0.467 e. The van der Waals surface area contributed by atoms with Crippen LogP contribution >= 0.6 is 15.9 Å². The Morgan fingerprint density at radius 1 is 1.17 bits per heavy atom. The molecule has 2 rings (SSSR count). The lowest BCUT2D eigenvalue weighted by Gasteiger charge is -2.36. The van der Waals surface area contributed by atoms with Crippen molar-refractivity contribution in [2.24, 2.45) is 5.92 Å². The van der Waals surface area contributed by atoms with Crippen LogP contribution in [0.15, 0.2) is 39.4 Å². The van der Waals surface area contributed by atoms with E-state index in [0.717, 1.165) is 33.3 Å². The van der Waals surface area contributed by atoms with Gasteiger partial charge in [-0.2, -0.15) is 0 Å². The fourth-order valence-corrected chi connectivity index (χ4v) is 4.12. The zero-order valence-electron chi connectivity index (χ0n) is 19.3. The Kier molecular flexibility index (Phi) is 8.58. The Balaban J connectivity index is 2.30. The molecule has 0 spiro atoms. The van der Waals surface area contributed by atoms with Gasteiger partial charge >= 0.3 is 0 Å². The van der Waals surface area contributed by atoms with E-state index >= 15 is 0 Å². The Morgan fingerprint density at radius 3 is 2.33 bits per heavy atom. The second-order valence-electron chi connectivity index (χ2n) is 9.77. The molecule has 0 aliphatic rings. The second-order valence-corrected chi connectivity index (χ2v) is 15.5. The summed E-state index contributed by atoms with van der Waals surface area (Å²) in [5.41, 5.74) is 2.71. The van der Waals surface area contributed by atoms with Crippen molar-refractivity contribution in [1.82, 2.24) is 0 Å². The zero-order valence-corrected chi connectivity index (χ0v) is 21.9. The molecule has 1 N–H and O–H groups in total. The van der Waals surface area contributed by atoms with Gasteiger partial charge in [0.15, 0.2) is 8.32 Å². The molecule has 0 fully saturated rings. The summed E-state index contributed by atoms with van der Waals surface area (Å²) < 4.78 is 13.4. The molecule has 0 aliphatic carbocycles. The van der Waals surface area contributed by atoms with Gasteiger partial charge in [0, 0.05) is 21.2 Å². The Hall–Kier alpha value is -1.32. The van der Waals surface area contributed by atoms with Crippen molar-refractivity contribution in [2.45, 2.75) is 78.3 Å². The van der Waals surface area contributed by atoms with Gasteiger partial charge < -0.3 is 13.9 Å². The summed E-state index contributed by atoms with van der Waals surface area (Å²) in [4.78, 5) is 0. The summed E-state index contributed by atoms with van der Waals surface area (Å²) in [5.74, 6) is 7.81. The first kappa shape index (κ1) is 24.9. The highest BCUT2D eigenvalue weighted by molar-refractivity contribution is 9.10. The van der Waals surface area contributed by atoms with E-state index in [9.17, 15) is 5.11 Å². The first-order chi connectivity index (χ1) is 13.9. The van der Waals surface area contributed by atoms with Crippen molar-refractivity contribution < 1.29 is 13.9 Å². The molecule has 164 valence electrons. The number of aliphatic hydroxyl groups is 1. The van der Waals surface area contributed by atoms with Crippen LogP contribution < -0.4 is 0 Å². The lowest BCUT2D eigenvalue weighted by atomic mass is 9.92. The largest absolute Gasteiger partial charge is 0.467 e. The maximum atomic E-state index is 10.1. The Labute approximate surface area is 191 Å². The van der Waals surface area contributed by atoms with Crippen LogP contribution in [0.1, 0.15) is 69.4 Å². The fraction of sp³-hybridized carbons (Fsp3) is 0.520. The molecule has 0 amide bonds. The topological polar surface area (TPSA) is 42.6 Å². The number of hydrogen-bond acceptors (Lipinski definition) is 3. The maximum Gasteiger partial charge on any atom is 0.192 e. The summed E-state index contributed by atoms with van der Waals surface area (Å²) in [6, 6.07) is 7.97. The second kappa shape index (κ2) is 10.3. The first-order valence-electron chi connectivity index (χ1n) is 10.6. The normalized spacial score (nSPS) is 13.3. The molecule has 2 aromatic rings. The molecule has 1 heterocycles. The molecule has 1 aromatic carbocycles. The molecule has 1 atom stereocenters. The molecule has 5 heteroatoms.